The average Bonchev–Trinajstić information content (AvgIpc) is 2.29. The van der Waals surface area contributed by atoms with Crippen LogP contribution in [-0.2, 0) is 0 Å². The zero-order valence-electron chi connectivity index (χ0n) is 9.79. The van der Waals surface area contributed by atoms with E-state index < -0.39 is 0 Å². The third-order valence-corrected chi connectivity index (χ3v) is 5.50. The molecule has 0 spiro atoms. The lowest BCUT2D eigenvalue weighted by atomic mass is 10.3. The van der Waals surface area contributed by atoms with Crippen LogP contribution in [0.2, 0.25) is 0 Å². The Labute approximate surface area is 103 Å². The molecule has 0 N–H and O–H groups in total. The number of hydrogen-bond acceptors (Lipinski definition) is 3. The van der Waals surface area contributed by atoms with Crippen molar-refractivity contribution in [3.63, 3.8) is 0 Å². The molecule has 1 aliphatic rings. The van der Waals surface area contributed by atoms with Crippen LogP contribution in [-0.4, -0.2) is 41.1 Å². The van der Waals surface area contributed by atoms with Crippen molar-refractivity contribution >= 4 is 23.5 Å². The van der Waals surface area contributed by atoms with Gasteiger partial charge >= 0.3 is 0 Å². The van der Waals surface area contributed by atoms with Gasteiger partial charge in [-0.3, -0.25) is 4.90 Å². The first-order valence-corrected chi connectivity index (χ1v) is 7.80. The Balaban J connectivity index is 2.04. The van der Waals surface area contributed by atoms with E-state index in [1.165, 1.54) is 24.3 Å². The summed E-state index contributed by atoms with van der Waals surface area (Å²) in [5.74, 6) is 9.21. The van der Waals surface area contributed by atoms with Gasteiger partial charge in [0.25, 0.3) is 0 Å². The monoisotopic (exact) mass is 243 g/mol. The van der Waals surface area contributed by atoms with Crippen molar-refractivity contribution in [3.05, 3.63) is 0 Å². The highest BCUT2D eigenvalue weighted by molar-refractivity contribution is 8.17. The molecular formula is C12H21NS2. The molecule has 0 atom stereocenters. The molecule has 0 aliphatic carbocycles. The van der Waals surface area contributed by atoms with Gasteiger partial charge in [-0.25, -0.2) is 0 Å². The highest BCUT2D eigenvalue weighted by atomic mass is 32.2. The lowest BCUT2D eigenvalue weighted by Crippen LogP contribution is -2.17. The van der Waals surface area contributed by atoms with E-state index in [1.807, 2.05) is 0 Å². The van der Waals surface area contributed by atoms with Crippen LogP contribution in [0.3, 0.4) is 0 Å². The summed E-state index contributed by atoms with van der Waals surface area (Å²) in [4.78, 5) is 2.23. The van der Waals surface area contributed by atoms with Gasteiger partial charge in [-0.05, 0) is 37.9 Å². The Morgan fingerprint density at radius 1 is 1.27 bits per heavy atom. The van der Waals surface area contributed by atoms with Crippen molar-refractivity contribution in [1.29, 1.82) is 0 Å². The SMILES string of the molecule is CCN(C)CC#CCCC1SCCCS1. The average molecular weight is 243 g/mol. The maximum Gasteiger partial charge on any atom is 0.0598 e. The van der Waals surface area contributed by atoms with Gasteiger partial charge in [-0.2, -0.15) is 0 Å². The zero-order valence-corrected chi connectivity index (χ0v) is 11.4. The summed E-state index contributed by atoms with van der Waals surface area (Å²) in [6.45, 7) is 4.17. The van der Waals surface area contributed by atoms with Crippen LogP contribution in [0.1, 0.15) is 26.2 Å². The van der Waals surface area contributed by atoms with Gasteiger partial charge < -0.3 is 0 Å². The fourth-order valence-corrected chi connectivity index (χ4v) is 4.15. The molecule has 0 aromatic rings. The van der Waals surface area contributed by atoms with Crippen LogP contribution < -0.4 is 0 Å². The Bertz CT molecular complexity index is 213. The summed E-state index contributed by atoms with van der Waals surface area (Å²) in [6.07, 6.45) is 3.72. The summed E-state index contributed by atoms with van der Waals surface area (Å²) in [5.41, 5.74) is 0. The molecule has 0 amide bonds. The summed E-state index contributed by atoms with van der Waals surface area (Å²) >= 11 is 4.23. The lowest BCUT2D eigenvalue weighted by molar-refractivity contribution is 0.398. The van der Waals surface area contributed by atoms with E-state index in [9.17, 15) is 0 Å². The third kappa shape index (κ3) is 6.40. The molecule has 0 radical (unpaired) electrons. The van der Waals surface area contributed by atoms with Crippen molar-refractivity contribution in [2.24, 2.45) is 0 Å². The van der Waals surface area contributed by atoms with Gasteiger partial charge in [-0.15, -0.1) is 29.4 Å². The minimum Gasteiger partial charge on any atom is -0.296 e. The van der Waals surface area contributed by atoms with E-state index in [4.69, 9.17) is 0 Å². The van der Waals surface area contributed by atoms with Crippen molar-refractivity contribution in [3.8, 4) is 11.8 Å². The van der Waals surface area contributed by atoms with E-state index in [0.29, 0.717) is 0 Å². The Hall–Kier alpha value is 0.220. The third-order valence-electron chi connectivity index (χ3n) is 2.42. The molecule has 1 saturated heterocycles. The molecular weight excluding hydrogens is 222 g/mol. The van der Waals surface area contributed by atoms with Crippen LogP contribution in [0.5, 0.6) is 0 Å². The minimum atomic E-state index is 0.817. The van der Waals surface area contributed by atoms with Crippen LogP contribution in [0.15, 0.2) is 0 Å². The standard InChI is InChI=1S/C12H21NS2/c1-3-13(2)9-6-4-5-8-12-14-10-7-11-15-12/h12H,3,5,7-11H2,1-2H3. The van der Waals surface area contributed by atoms with Gasteiger partial charge in [-0.1, -0.05) is 12.8 Å². The zero-order chi connectivity index (χ0) is 10.9. The van der Waals surface area contributed by atoms with E-state index in [1.54, 1.807) is 0 Å². The topological polar surface area (TPSA) is 3.24 Å². The summed E-state index contributed by atoms with van der Waals surface area (Å²) < 4.78 is 0.817. The Kier molecular flexibility index (Phi) is 7.42. The molecule has 1 aliphatic heterocycles. The molecule has 0 unspecified atom stereocenters. The highest BCUT2D eigenvalue weighted by Crippen LogP contribution is 2.33. The van der Waals surface area contributed by atoms with Crippen molar-refractivity contribution in [2.45, 2.75) is 30.8 Å². The van der Waals surface area contributed by atoms with Crippen molar-refractivity contribution < 1.29 is 0 Å². The van der Waals surface area contributed by atoms with E-state index in [0.717, 1.165) is 24.1 Å². The number of hydrogen-bond donors (Lipinski definition) is 0. The lowest BCUT2D eigenvalue weighted by Gasteiger charge is -2.19. The maximum absolute atomic E-state index is 3.28. The number of rotatable bonds is 4. The first-order valence-electron chi connectivity index (χ1n) is 5.70. The fraction of sp³-hybridized carbons (Fsp3) is 0.833. The second kappa shape index (κ2) is 8.38. The molecule has 1 rings (SSSR count). The van der Waals surface area contributed by atoms with Crippen molar-refractivity contribution in [2.75, 3.05) is 31.6 Å². The van der Waals surface area contributed by atoms with Crippen molar-refractivity contribution in [1.82, 2.24) is 4.90 Å². The van der Waals surface area contributed by atoms with E-state index >= 15 is 0 Å². The second-order valence-corrected chi connectivity index (χ2v) is 6.67. The Morgan fingerprint density at radius 2 is 2.00 bits per heavy atom. The van der Waals surface area contributed by atoms with Gasteiger partial charge in [0.15, 0.2) is 0 Å². The second-order valence-electron chi connectivity index (χ2n) is 3.75. The van der Waals surface area contributed by atoms with E-state index in [2.05, 4.69) is 54.2 Å². The number of thioether (sulfide) groups is 2. The van der Waals surface area contributed by atoms with Gasteiger partial charge in [0.2, 0.25) is 0 Å². The molecule has 86 valence electrons. The molecule has 1 heterocycles. The molecule has 0 aromatic carbocycles. The predicted octanol–water partition coefficient (Wildman–Crippen LogP) is 2.92. The maximum atomic E-state index is 3.28. The van der Waals surface area contributed by atoms with Crippen LogP contribution >= 0.6 is 23.5 Å². The normalized spacial score (nSPS) is 17.5. The molecule has 0 aromatic heterocycles. The number of nitrogens with zero attached hydrogens (tertiary/aromatic N) is 1. The van der Waals surface area contributed by atoms with Gasteiger partial charge in [0.05, 0.1) is 11.1 Å². The smallest absolute Gasteiger partial charge is 0.0598 e. The van der Waals surface area contributed by atoms with Crippen LogP contribution in [0.4, 0.5) is 0 Å². The summed E-state index contributed by atoms with van der Waals surface area (Å²) in [7, 11) is 2.11. The molecule has 1 fully saturated rings. The molecule has 0 bridgehead atoms. The quantitative estimate of drug-likeness (QED) is 0.699. The Morgan fingerprint density at radius 3 is 2.67 bits per heavy atom. The first-order chi connectivity index (χ1) is 7.33. The van der Waals surface area contributed by atoms with E-state index in [-0.39, 0.29) is 0 Å². The first kappa shape index (κ1) is 13.3. The minimum absolute atomic E-state index is 0.817. The summed E-state index contributed by atoms with van der Waals surface area (Å²) in [6, 6.07) is 0. The van der Waals surface area contributed by atoms with Crippen LogP contribution in [0.25, 0.3) is 0 Å². The van der Waals surface area contributed by atoms with Gasteiger partial charge in [0, 0.05) is 6.42 Å². The summed E-state index contributed by atoms with van der Waals surface area (Å²) in [5, 5.41) is 0. The van der Waals surface area contributed by atoms with Crippen LogP contribution in [0, 0.1) is 11.8 Å². The predicted molar refractivity (Wildman–Crippen MR) is 73.5 cm³/mol. The largest absolute Gasteiger partial charge is 0.296 e. The molecule has 1 nitrogen and oxygen atoms in total. The fourth-order valence-electron chi connectivity index (χ4n) is 1.28. The van der Waals surface area contributed by atoms with Gasteiger partial charge in [0.1, 0.15) is 0 Å². The highest BCUT2D eigenvalue weighted by Gasteiger charge is 2.12. The molecule has 15 heavy (non-hydrogen) atoms. The molecule has 0 saturated carbocycles. The molecule has 3 heteroatoms.